The number of nitrogens with zero attached hydrogens (tertiary/aromatic N) is 2. The van der Waals surface area contributed by atoms with Gasteiger partial charge in [-0.2, -0.15) is 21.3 Å². The van der Waals surface area contributed by atoms with Gasteiger partial charge in [0.2, 0.25) is 6.35 Å². The number of phosphoric ester groups is 1. The molecule has 0 aromatic rings. The molecule has 6 atom stereocenters. The number of hydrogen-bond acceptors (Lipinski definition) is 14. The van der Waals surface area contributed by atoms with E-state index < -0.39 is 54.9 Å². The maximum absolute atomic E-state index is 12.0. The number of ether oxygens (including phenoxy) is 2. The van der Waals surface area contributed by atoms with E-state index in [1.807, 2.05) is 0 Å². The van der Waals surface area contributed by atoms with E-state index in [-0.39, 0.29) is 30.3 Å². The third-order valence-electron chi connectivity index (χ3n) is 4.02. The van der Waals surface area contributed by atoms with Crippen molar-refractivity contribution in [1.82, 2.24) is 4.90 Å². The van der Waals surface area contributed by atoms with Gasteiger partial charge < -0.3 is 50.5 Å². The highest BCUT2D eigenvalue weighted by molar-refractivity contribution is 7.80. The molecule has 0 spiro atoms. The molecule has 0 bridgehead atoms. The first kappa shape index (κ1) is 29.4. The summed E-state index contributed by atoms with van der Waals surface area (Å²) in [6, 6.07) is 0. The van der Waals surface area contributed by atoms with Gasteiger partial charge in [-0.3, -0.25) is 4.52 Å². The molecular formula is C13H23N4O13P3S. The molecule has 4 unspecified atom stereocenters. The molecule has 2 aliphatic rings. The third-order valence-corrected chi connectivity index (χ3v) is 7.97. The summed E-state index contributed by atoms with van der Waals surface area (Å²) < 4.78 is 57.1. The molecule has 21 heteroatoms. The number of amidine groups is 1. The van der Waals surface area contributed by atoms with Crippen molar-refractivity contribution in [2.45, 2.75) is 31.2 Å². The maximum atomic E-state index is 12.0. The maximum Gasteiger partial charge on any atom is 0.490 e. The predicted molar refractivity (Wildman–Crippen MR) is 116 cm³/mol. The quantitative estimate of drug-likeness (QED) is 0.0645. The summed E-state index contributed by atoms with van der Waals surface area (Å²) in [5.41, 5.74) is 11.3. The SMILES string of the molecule is NCC#CC1=CN([C@H]2CC(OCS)[C@@H](COP(=O)(O)OP(=O)(O)OP(=O)(O)O)O2)C(O)N=C1N. The highest BCUT2D eigenvalue weighted by Gasteiger charge is 2.44. The van der Waals surface area contributed by atoms with Gasteiger partial charge in [-0.15, -0.1) is 0 Å². The summed E-state index contributed by atoms with van der Waals surface area (Å²) >= 11 is 3.94. The molecule has 1 fully saturated rings. The second-order valence-electron chi connectivity index (χ2n) is 6.44. The summed E-state index contributed by atoms with van der Waals surface area (Å²) in [7, 11) is -16.6. The van der Waals surface area contributed by atoms with Crippen molar-refractivity contribution in [3.05, 3.63) is 11.8 Å². The van der Waals surface area contributed by atoms with Crippen LogP contribution in [0.5, 0.6) is 0 Å². The first-order valence-electron chi connectivity index (χ1n) is 9.02. The van der Waals surface area contributed by atoms with Gasteiger partial charge in [-0.25, -0.2) is 18.7 Å². The molecule has 34 heavy (non-hydrogen) atoms. The minimum absolute atomic E-state index is 0.0323. The zero-order valence-corrected chi connectivity index (χ0v) is 20.6. The number of aliphatic hydroxyl groups is 1. The van der Waals surface area contributed by atoms with Crippen LogP contribution in [-0.4, -0.2) is 79.3 Å². The second-order valence-corrected chi connectivity index (χ2v) is 11.1. The average molecular weight is 568 g/mol. The number of aliphatic imine (C=N–C) groups is 1. The Morgan fingerprint density at radius 3 is 2.50 bits per heavy atom. The molecular weight excluding hydrogens is 545 g/mol. The lowest BCUT2D eigenvalue weighted by atomic mass is 10.1. The normalized spacial score (nSPS) is 28.9. The second kappa shape index (κ2) is 11.9. The van der Waals surface area contributed by atoms with Crippen molar-refractivity contribution in [3.63, 3.8) is 0 Å². The van der Waals surface area contributed by atoms with E-state index in [4.69, 9.17) is 30.7 Å². The van der Waals surface area contributed by atoms with Gasteiger partial charge in [0.25, 0.3) is 0 Å². The Bertz CT molecular complexity index is 1010. The van der Waals surface area contributed by atoms with Crippen LogP contribution in [0.1, 0.15) is 6.42 Å². The number of aliphatic hydroxyl groups excluding tert-OH is 1. The van der Waals surface area contributed by atoms with Gasteiger partial charge >= 0.3 is 23.5 Å². The molecule has 2 aliphatic heterocycles. The molecule has 0 amide bonds. The fourth-order valence-electron chi connectivity index (χ4n) is 2.79. The van der Waals surface area contributed by atoms with E-state index in [1.54, 1.807) is 0 Å². The van der Waals surface area contributed by atoms with Crippen LogP contribution in [0, 0.1) is 11.8 Å². The number of hydrogen-bond donors (Lipinski definition) is 8. The van der Waals surface area contributed by atoms with Crippen LogP contribution in [0.25, 0.3) is 0 Å². The van der Waals surface area contributed by atoms with Crippen molar-refractivity contribution in [2.75, 3.05) is 19.1 Å². The van der Waals surface area contributed by atoms with Crippen molar-refractivity contribution in [1.29, 1.82) is 0 Å². The Morgan fingerprint density at radius 2 is 1.91 bits per heavy atom. The Kier molecular flexibility index (Phi) is 10.3. The summed E-state index contributed by atoms with van der Waals surface area (Å²) in [6.45, 7) is -0.703. The highest BCUT2D eigenvalue weighted by Crippen LogP contribution is 2.66. The molecule has 0 aromatic carbocycles. The number of rotatable bonds is 10. The molecule has 194 valence electrons. The summed E-state index contributed by atoms with van der Waals surface area (Å²) in [5, 5.41) is 10.3. The van der Waals surface area contributed by atoms with Crippen LogP contribution in [0.3, 0.4) is 0 Å². The van der Waals surface area contributed by atoms with E-state index in [9.17, 15) is 28.6 Å². The fraction of sp³-hybridized carbons (Fsp3) is 0.615. The minimum atomic E-state index is -5.67. The number of nitrogens with two attached hydrogens (primary N) is 2. The molecule has 0 aromatic heterocycles. The fourth-order valence-corrected chi connectivity index (χ4v) is 6.01. The van der Waals surface area contributed by atoms with Gasteiger partial charge in [0, 0.05) is 12.6 Å². The van der Waals surface area contributed by atoms with E-state index in [2.05, 4.69) is 42.6 Å². The Morgan fingerprint density at radius 1 is 1.24 bits per heavy atom. The van der Waals surface area contributed by atoms with Gasteiger partial charge in [0.05, 0.1) is 30.8 Å². The van der Waals surface area contributed by atoms with Crippen LogP contribution in [0.15, 0.2) is 16.8 Å². The Labute approximate surface area is 198 Å². The molecule has 17 nitrogen and oxygen atoms in total. The van der Waals surface area contributed by atoms with Crippen LogP contribution < -0.4 is 11.5 Å². The van der Waals surface area contributed by atoms with Crippen LogP contribution in [0.4, 0.5) is 0 Å². The molecule has 0 radical (unpaired) electrons. The standard InChI is InChI=1S/C13H23N4O13P3S/c14-3-1-2-8-5-17(13(18)16-12(8)15)11-4-9(26-7-34)10(28-11)6-27-32(22,23)30-33(24,25)29-31(19,20)21/h5,9-11,13,18,34H,3-4,6-7,14H2,(H2,15,16)(H,22,23)(H,24,25)(H2,19,20,21)/t9?,10-,11-,13?/m1/s1. The molecule has 2 heterocycles. The zero-order valence-electron chi connectivity index (χ0n) is 17.1. The summed E-state index contributed by atoms with van der Waals surface area (Å²) in [4.78, 5) is 41.1. The third kappa shape index (κ3) is 8.99. The van der Waals surface area contributed by atoms with Crippen LogP contribution >= 0.6 is 36.1 Å². The van der Waals surface area contributed by atoms with Gasteiger partial charge in [-0.05, 0) is 0 Å². The predicted octanol–water partition coefficient (Wildman–Crippen LogP) is -1.49. The van der Waals surface area contributed by atoms with E-state index in [0.29, 0.717) is 0 Å². The molecule has 2 rings (SSSR count). The van der Waals surface area contributed by atoms with Crippen molar-refractivity contribution in [3.8, 4) is 11.8 Å². The van der Waals surface area contributed by atoms with Crippen molar-refractivity contribution < 1.29 is 61.0 Å². The monoisotopic (exact) mass is 568 g/mol. The lowest BCUT2D eigenvalue weighted by Gasteiger charge is -2.32. The summed E-state index contributed by atoms with van der Waals surface area (Å²) in [6.07, 6.45) is -2.82. The Hall–Kier alpha value is -0.830. The topological polar surface area (TPSA) is 266 Å². The van der Waals surface area contributed by atoms with Crippen LogP contribution in [-0.2, 0) is 36.3 Å². The van der Waals surface area contributed by atoms with Crippen molar-refractivity contribution >= 4 is 41.9 Å². The largest absolute Gasteiger partial charge is 0.490 e. The smallest absolute Gasteiger partial charge is 0.383 e. The molecule has 0 saturated carbocycles. The van der Waals surface area contributed by atoms with Crippen molar-refractivity contribution in [2.24, 2.45) is 16.5 Å². The van der Waals surface area contributed by atoms with E-state index >= 15 is 0 Å². The first-order chi connectivity index (χ1) is 15.7. The number of thiol groups is 1. The van der Waals surface area contributed by atoms with Gasteiger partial charge in [-0.1, -0.05) is 11.8 Å². The molecule has 9 N–H and O–H groups in total. The number of phosphoric acid groups is 3. The average Bonchev–Trinajstić information content (AvgIpc) is 3.06. The lowest BCUT2D eigenvalue weighted by Crippen LogP contribution is -2.43. The summed E-state index contributed by atoms with van der Waals surface area (Å²) in [5.74, 6) is 5.15. The zero-order chi connectivity index (χ0) is 25.7. The Balaban J connectivity index is 2.10. The van der Waals surface area contributed by atoms with E-state index in [0.717, 1.165) is 0 Å². The van der Waals surface area contributed by atoms with Gasteiger partial charge in [0.15, 0.2) is 0 Å². The minimum Gasteiger partial charge on any atom is -0.383 e. The highest BCUT2D eigenvalue weighted by atomic mass is 32.1. The molecule has 0 aliphatic carbocycles. The first-order valence-corrected chi connectivity index (χ1v) is 14.2. The lowest BCUT2D eigenvalue weighted by molar-refractivity contribution is -0.111. The van der Waals surface area contributed by atoms with Crippen LogP contribution in [0.2, 0.25) is 0 Å². The van der Waals surface area contributed by atoms with Gasteiger partial charge in [0.1, 0.15) is 18.2 Å². The van der Waals surface area contributed by atoms with E-state index in [1.165, 1.54) is 11.1 Å². The molecule has 1 saturated heterocycles.